The fourth-order valence-corrected chi connectivity index (χ4v) is 4.10. The summed E-state index contributed by atoms with van der Waals surface area (Å²) in [6.45, 7) is -0.0558. The Bertz CT molecular complexity index is 1540. The van der Waals surface area contributed by atoms with Crippen LogP contribution < -0.4 is 5.69 Å². The van der Waals surface area contributed by atoms with Crippen LogP contribution in [-0.2, 0) is 6.54 Å². The third-order valence-electron chi connectivity index (χ3n) is 5.50. The van der Waals surface area contributed by atoms with Crippen LogP contribution in [0.5, 0.6) is 0 Å². The Balaban J connectivity index is 1.62. The molecule has 1 atom stereocenters. The molecule has 178 valence electrons. The summed E-state index contributed by atoms with van der Waals surface area (Å²) >= 11 is 12.2. The van der Waals surface area contributed by atoms with Crippen LogP contribution in [0.25, 0.3) is 27.9 Å². The number of aromatic nitrogens is 5. The Labute approximate surface area is 206 Å². The van der Waals surface area contributed by atoms with Crippen LogP contribution in [-0.4, -0.2) is 42.8 Å². The maximum atomic E-state index is 13.1. The van der Waals surface area contributed by atoms with E-state index < -0.39 is 17.9 Å². The SMILES string of the molecule is O=c1n(CC2=CCC(C(F)(F)F)N=C2)nc2c(-c3cncc(Cl)c3)c(-c3ccc(Cl)cc3)cnn12. The highest BCUT2D eigenvalue weighted by Crippen LogP contribution is 2.35. The second-order valence-corrected chi connectivity index (χ2v) is 8.73. The van der Waals surface area contributed by atoms with Gasteiger partial charge in [0, 0.05) is 40.3 Å². The number of benzene rings is 1. The highest BCUT2D eigenvalue weighted by molar-refractivity contribution is 6.31. The van der Waals surface area contributed by atoms with Crippen LogP contribution in [0.15, 0.2) is 70.4 Å². The largest absolute Gasteiger partial charge is 0.411 e. The molecule has 12 heteroatoms. The Kier molecular flexibility index (Phi) is 5.94. The number of dihydropyridines is 1. The quantitative estimate of drug-likeness (QED) is 0.369. The minimum Gasteiger partial charge on any atom is -0.280 e. The molecule has 4 heterocycles. The number of alkyl halides is 3. The molecule has 0 spiro atoms. The zero-order valence-electron chi connectivity index (χ0n) is 17.7. The van der Waals surface area contributed by atoms with Gasteiger partial charge in [0.2, 0.25) is 0 Å². The molecule has 1 unspecified atom stereocenters. The van der Waals surface area contributed by atoms with Crippen molar-refractivity contribution in [1.29, 1.82) is 0 Å². The number of pyridine rings is 1. The van der Waals surface area contributed by atoms with Crippen molar-refractivity contribution in [3.05, 3.63) is 81.1 Å². The zero-order valence-corrected chi connectivity index (χ0v) is 19.3. The van der Waals surface area contributed by atoms with E-state index in [0.29, 0.717) is 32.3 Å². The minimum atomic E-state index is -4.42. The van der Waals surface area contributed by atoms with Gasteiger partial charge in [-0.3, -0.25) is 9.98 Å². The van der Waals surface area contributed by atoms with Gasteiger partial charge in [-0.15, -0.1) is 5.10 Å². The van der Waals surface area contributed by atoms with E-state index >= 15 is 0 Å². The van der Waals surface area contributed by atoms with Crippen LogP contribution in [0, 0.1) is 0 Å². The third-order valence-corrected chi connectivity index (χ3v) is 5.95. The molecule has 1 aromatic carbocycles. The van der Waals surface area contributed by atoms with Gasteiger partial charge in [0.05, 0.1) is 17.8 Å². The average molecular weight is 519 g/mol. The van der Waals surface area contributed by atoms with E-state index in [-0.39, 0.29) is 18.6 Å². The third kappa shape index (κ3) is 4.59. The lowest BCUT2D eigenvalue weighted by Gasteiger charge is -2.18. The molecule has 0 bridgehead atoms. The first-order chi connectivity index (χ1) is 16.7. The highest BCUT2D eigenvalue weighted by atomic mass is 35.5. The second-order valence-electron chi connectivity index (χ2n) is 7.86. The van der Waals surface area contributed by atoms with Crippen molar-refractivity contribution in [1.82, 2.24) is 24.4 Å². The summed E-state index contributed by atoms with van der Waals surface area (Å²) in [5.41, 5.74) is 2.76. The average Bonchev–Trinajstić information content (AvgIpc) is 3.14. The molecule has 1 aliphatic rings. The number of halogens is 5. The normalized spacial score (nSPS) is 16.0. The molecule has 5 rings (SSSR count). The van der Waals surface area contributed by atoms with Crippen LogP contribution >= 0.6 is 23.2 Å². The summed E-state index contributed by atoms with van der Waals surface area (Å²) < 4.78 is 40.9. The minimum absolute atomic E-state index is 0.0558. The molecule has 0 amide bonds. The maximum Gasteiger partial charge on any atom is 0.411 e. The van der Waals surface area contributed by atoms with E-state index in [1.165, 1.54) is 18.5 Å². The van der Waals surface area contributed by atoms with Gasteiger partial charge in [-0.25, -0.2) is 9.48 Å². The number of nitrogens with zero attached hydrogens (tertiary/aromatic N) is 6. The summed E-state index contributed by atoms with van der Waals surface area (Å²) in [5, 5.41) is 9.70. The van der Waals surface area contributed by atoms with Gasteiger partial charge in [0.15, 0.2) is 5.65 Å². The molecule has 7 nitrogen and oxygen atoms in total. The Morgan fingerprint density at radius 3 is 2.46 bits per heavy atom. The molecule has 0 saturated carbocycles. The Morgan fingerprint density at radius 1 is 1.03 bits per heavy atom. The molecule has 4 aromatic rings. The lowest BCUT2D eigenvalue weighted by molar-refractivity contribution is -0.146. The van der Waals surface area contributed by atoms with E-state index in [9.17, 15) is 18.0 Å². The van der Waals surface area contributed by atoms with Gasteiger partial charge in [-0.05, 0) is 35.8 Å². The van der Waals surface area contributed by atoms with E-state index in [1.807, 2.05) is 12.1 Å². The first-order valence-electron chi connectivity index (χ1n) is 10.4. The van der Waals surface area contributed by atoms with Crippen molar-refractivity contribution in [3.63, 3.8) is 0 Å². The van der Waals surface area contributed by atoms with Crippen molar-refractivity contribution >= 4 is 35.1 Å². The fourth-order valence-electron chi connectivity index (χ4n) is 3.80. The monoisotopic (exact) mass is 518 g/mol. The molecule has 0 fully saturated rings. The first kappa shape index (κ1) is 23.3. The van der Waals surface area contributed by atoms with E-state index in [1.54, 1.807) is 24.4 Å². The van der Waals surface area contributed by atoms with Gasteiger partial charge in [0.1, 0.15) is 6.04 Å². The van der Waals surface area contributed by atoms with Gasteiger partial charge >= 0.3 is 11.9 Å². The molecule has 0 saturated heterocycles. The lowest BCUT2D eigenvalue weighted by atomic mass is 9.98. The number of hydrogen-bond acceptors (Lipinski definition) is 5. The first-order valence-corrected chi connectivity index (χ1v) is 11.1. The van der Waals surface area contributed by atoms with Gasteiger partial charge in [0.25, 0.3) is 0 Å². The van der Waals surface area contributed by atoms with Gasteiger partial charge in [-0.1, -0.05) is 41.4 Å². The lowest BCUT2D eigenvalue weighted by Crippen LogP contribution is -2.29. The molecule has 35 heavy (non-hydrogen) atoms. The number of fused-ring (bicyclic) bond motifs is 1. The standard InChI is InChI=1S/C23H15Cl2F3N6O/c24-16-4-2-14(3-5-16)18-11-31-34-21(20(18)15-7-17(25)10-29-9-15)32-33(22(34)35)12-13-1-6-19(30-8-13)23(26,27)28/h1-5,7-11,19H,6,12H2. The van der Waals surface area contributed by atoms with Crippen molar-refractivity contribution in [2.45, 2.75) is 25.2 Å². The molecular weight excluding hydrogens is 504 g/mol. The summed E-state index contributed by atoms with van der Waals surface area (Å²) in [7, 11) is 0. The molecule has 3 aromatic heterocycles. The topological polar surface area (TPSA) is 77.4 Å². The predicted octanol–water partition coefficient (Wildman–Crippen LogP) is 5.26. The smallest absolute Gasteiger partial charge is 0.280 e. The molecule has 0 N–H and O–H groups in total. The van der Waals surface area contributed by atoms with Crippen LogP contribution in [0.4, 0.5) is 13.2 Å². The van der Waals surface area contributed by atoms with Crippen molar-refractivity contribution in [2.75, 3.05) is 0 Å². The Morgan fingerprint density at radius 2 is 1.80 bits per heavy atom. The molecule has 0 radical (unpaired) electrons. The van der Waals surface area contributed by atoms with Gasteiger partial charge < -0.3 is 0 Å². The van der Waals surface area contributed by atoms with Crippen LogP contribution in [0.2, 0.25) is 10.0 Å². The zero-order chi connectivity index (χ0) is 24.7. The fraction of sp³-hybridized carbons (Fsp3) is 0.174. The number of allylic oxidation sites excluding steroid dienone is 1. The number of rotatable bonds is 4. The Hall–Kier alpha value is -3.50. The highest BCUT2D eigenvalue weighted by Gasteiger charge is 2.39. The van der Waals surface area contributed by atoms with Crippen LogP contribution in [0.1, 0.15) is 6.42 Å². The van der Waals surface area contributed by atoms with E-state index in [0.717, 1.165) is 21.0 Å². The second kappa shape index (κ2) is 8.94. The molecule has 0 aliphatic carbocycles. The predicted molar refractivity (Wildman–Crippen MR) is 127 cm³/mol. The number of aliphatic imine (C=N–C) groups is 1. The molecular formula is C23H15Cl2F3N6O. The van der Waals surface area contributed by atoms with Crippen molar-refractivity contribution < 1.29 is 13.2 Å². The van der Waals surface area contributed by atoms with Crippen molar-refractivity contribution in [2.24, 2.45) is 4.99 Å². The summed E-state index contributed by atoms with van der Waals surface area (Å²) in [6, 6.07) is 7.00. The summed E-state index contributed by atoms with van der Waals surface area (Å²) in [5.74, 6) is 0. The summed E-state index contributed by atoms with van der Waals surface area (Å²) in [4.78, 5) is 20.8. The van der Waals surface area contributed by atoms with E-state index in [4.69, 9.17) is 23.2 Å². The van der Waals surface area contributed by atoms with Crippen LogP contribution in [0.3, 0.4) is 0 Å². The number of hydrogen-bond donors (Lipinski definition) is 0. The van der Waals surface area contributed by atoms with E-state index in [2.05, 4.69) is 20.2 Å². The van der Waals surface area contributed by atoms with Gasteiger partial charge in [-0.2, -0.15) is 22.8 Å². The van der Waals surface area contributed by atoms with Crippen molar-refractivity contribution in [3.8, 4) is 22.3 Å². The summed E-state index contributed by atoms with van der Waals surface area (Å²) in [6.07, 6.45) is 2.45. The molecule has 1 aliphatic heterocycles. The maximum absolute atomic E-state index is 13.1.